The van der Waals surface area contributed by atoms with Gasteiger partial charge in [-0.3, -0.25) is 0 Å². The fourth-order valence-electron chi connectivity index (χ4n) is 2.81. The van der Waals surface area contributed by atoms with E-state index in [4.69, 9.17) is 10.5 Å². The van der Waals surface area contributed by atoms with E-state index < -0.39 is 0 Å². The zero-order valence-electron chi connectivity index (χ0n) is 9.17. The molecule has 1 spiro atoms. The fraction of sp³-hybridized carbons (Fsp3) is 1.00. The molecule has 14 heavy (non-hydrogen) atoms. The lowest BCUT2D eigenvalue weighted by Crippen LogP contribution is -2.55. The normalized spacial score (nSPS) is 40.3. The summed E-state index contributed by atoms with van der Waals surface area (Å²) in [6, 6.07) is 0.362. The maximum absolute atomic E-state index is 6.03. The molecule has 2 fully saturated rings. The number of piperidine rings is 1. The van der Waals surface area contributed by atoms with Crippen LogP contribution in [0, 0.1) is 0 Å². The highest BCUT2D eigenvalue weighted by Crippen LogP contribution is 2.32. The summed E-state index contributed by atoms with van der Waals surface area (Å²) in [5.74, 6) is 0. The minimum Gasteiger partial charge on any atom is -0.374 e. The summed E-state index contributed by atoms with van der Waals surface area (Å²) < 4.78 is 5.99. The average Bonchev–Trinajstić information content (AvgIpc) is 2.17. The quantitative estimate of drug-likeness (QED) is 0.682. The van der Waals surface area contributed by atoms with Gasteiger partial charge in [0.25, 0.3) is 0 Å². The molecule has 0 bridgehead atoms. The number of likely N-dealkylation sites (tertiary alicyclic amines) is 1. The molecule has 0 aromatic heterocycles. The van der Waals surface area contributed by atoms with Crippen molar-refractivity contribution < 1.29 is 4.74 Å². The van der Waals surface area contributed by atoms with Crippen molar-refractivity contribution in [2.75, 3.05) is 26.2 Å². The van der Waals surface area contributed by atoms with Crippen LogP contribution >= 0.6 is 0 Å². The predicted molar refractivity (Wildman–Crippen MR) is 57.2 cm³/mol. The number of hydrogen-bond acceptors (Lipinski definition) is 3. The van der Waals surface area contributed by atoms with E-state index in [2.05, 4.69) is 11.8 Å². The van der Waals surface area contributed by atoms with Gasteiger partial charge in [-0.15, -0.1) is 0 Å². The standard InChI is InChI=1S/C11H22N2O/c1-2-13-6-3-5-11(9-13)8-10(12)4-7-14-11/h10H,2-9,12H2,1H3/t10-,11-/m0/s1. The Morgan fingerprint density at radius 2 is 2.43 bits per heavy atom. The lowest BCUT2D eigenvalue weighted by atomic mass is 9.84. The van der Waals surface area contributed by atoms with Crippen LogP contribution in [0.2, 0.25) is 0 Å². The van der Waals surface area contributed by atoms with Crippen LogP contribution in [-0.2, 0) is 4.74 Å². The van der Waals surface area contributed by atoms with E-state index in [0.717, 1.165) is 32.5 Å². The molecule has 0 aromatic carbocycles. The van der Waals surface area contributed by atoms with Crippen molar-refractivity contribution in [3.63, 3.8) is 0 Å². The summed E-state index contributed by atoms with van der Waals surface area (Å²) >= 11 is 0. The van der Waals surface area contributed by atoms with Crippen LogP contribution in [0.4, 0.5) is 0 Å². The molecule has 3 heteroatoms. The summed E-state index contributed by atoms with van der Waals surface area (Å²) in [5, 5.41) is 0. The Bertz CT molecular complexity index is 194. The predicted octanol–water partition coefficient (Wildman–Crippen LogP) is 0.979. The van der Waals surface area contributed by atoms with Crippen LogP contribution in [0.3, 0.4) is 0 Å². The molecule has 0 aromatic rings. The average molecular weight is 198 g/mol. The van der Waals surface area contributed by atoms with Gasteiger partial charge < -0.3 is 15.4 Å². The summed E-state index contributed by atoms with van der Waals surface area (Å²) in [4.78, 5) is 2.49. The van der Waals surface area contributed by atoms with Crippen LogP contribution in [0.5, 0.6) is 0 Å². The van der Waals surface area contributed by atoms with Crippen molar-refractivity contribution >= 4 is 0 Å². The van der Waals surface area contributed by atoms with Gasteiger partial charge in [-0.05, 0) is 38.8 Å². The van der Waals surface area contributed by atoms with Gasteiger partial charge in [0.15, 0.2) is 0 Å². The summed E-state index contributed by atoms with van der Waals surface area (Å²) in [6.07, 6.45) is 4.56. The topological polar surface area (TPSA) is 38.5 Å². The number of nitrogens with zero attached hydrogens (tertiary/aromatic N) is 1. The van der Waals surface area contributed by atoms with Crippen molar-refractivity contribution in [1.29, 1.82) is 0 Å². The van der Waals surface area contributed by atoms with Gasteiger partial charge in [0, 0.05) is 19.2 Å². The van der Waals surface area contributed by atoms with E-state index in [1.54, 1.807) is 0 Å². The summed E-state index contributed by atoms with van der Waals surface area (Å²) in [5.41, 5.74) is 6.13. The van der Waals surface area contributed by atoms with Crippen molar-refractivity contribution in [2.45, 2.75) is 44.2 Å². The Morgan fingerprint density at radius 3 is 3.14 bits per heavy atom. The molecule has 2 aliphatic heterocycles. The van der Waals surface area contributed by atoms with Crippen LogP contribution < -0.4 is 5.73 Å². The van der Waals surface area contributed by atoms with Crippen molar-refractivity contribution in [1.82, 2.24) is 4.90 Å². The zero-order chi connectivity index (χ0) is 10.0. The molecule has 2 saturated heterocycles. The highest BCUT2D eigenvalue weighted by atomic mass is 16.5. The molecule has 2 atom stereocenters. The van der Waals surface area contributed by atoms with Crippen molar-refractivity contribution in [2.24, 2.45) is 5.73 Å². The maximum atomic E-state index is 6.03. The second-order valence-corrected chi connectivity index (χ2v) is 4.76. The number of nitrogens with two attached hydrogens (primary N) is 1. The molecule has 2 aliphatic rings. The molecule has 2 rings (SSSR count). The first-order valence-electron chi connectivity index (χ1n) is 5.86. The first-order chi connectivity index (χ1) is 6.74. The third-order valence-electron chi connectivity index (χ3n) is 3.60. The van der Waals surface area contributed by atoms with Gasteiger partial charge in [0.2, 0.25) is 0 Å². The number of hydrogen-bond donors (Lipinski definition) is 1. The lowest BCUT2D eigenvalue weighted by Gasteiger charge is -2.46. The Hall–Kier alpha value is -0.120. The Morgan fingerprint density at radius 1 is 1.57 bits per heavy atom. The second kappa shape index (κ2) is 4.17. The highest BCUT2D eigenvalue weighted by molar-refractivity contribution is 4.94. The van der Waals surface area contributed by atoms with E-state index >= 15 is 0 Å². The number of rotatable bonds is 1. The van der Waals surface area contributed by atoms with Gasteiger partial charge in [-0.25, -0.2) is 0 Å². The molecule has 0 unspecified atom stereocenters. The summed E-state index contributed by atoms with van der Waals surface area (Å²) in [6.45, 7) is 6.55. The van der Waals surface area contributed by atoms with E-state index in [9.17, 15) is 0 Å². The zero-order valence-corrected chi connectivity index (χ0v) is 9.17. The van der Waals surface area contributed by atoms with Gasteiger partial charge in [0.1, 0.15) is 0 Å². The molecule has 2 N–H and O–H groups in total. The van der Waals surface area contributed by atoms with E-state index in [1.807, 2.05) is 0 Å². The third kappa shape index (κ3) is 2.10. The molecule has 0 radical (unpaired) electrons. The minimum atomic E-state index is 0.103. The van der Waals surface area contributed by atoms with Crippen molar-refractivity contribution in [3.05, 3.63) is 0 Å². The summed E-state index contributed by atoms with van der Waals surface area (Å²) in [7, 11) is 0. The van der Waals surface area contributed by atoms with Crippen LogP contribution in [0.25, 0.3) is 0 Å². The van der Waals surface area contributed by atoms with Gasteiger partial charge in [-0.2, -0.15) is 0 Å². The monoisotopic (exact) mass is 198 g/mol. The first-order valence-corrected chi connectivity index (χ1v) is 5.86. The maximum Gasteiger partial charge on any atom is 0.0824 e. The van der Waals surface area contributed by atoms with Crippen LogP contribution in [0.1, 0.15) is 32.6 Å². The lowest BCUT2D eigenvalue weighted by molar-refractivity contribution is -0.120. The Balaban J connectivity index is 1.99. The van der Waals surface area contributed by atoms with Crippen molar-refractivity contribution in [3.8, 4) is 0 Å². The molecule has 0 aliphatic carbocycles. The van der Waals surface area contributed by atoms with Crippen LogP contribution in [-0.4, -0.2) is 42.8 Å². The number of likely N-dealkylation sites (N-methyl/N-ethyl adjacent to an activating group) is 1. The molecular formula is C11H22N2O. The molecule has 3 nitrogen and oxygen atoms in total. The van der Waals surface area contributed by atoms with Gasteiger partial charge in [-0.1, -0.05) is 6.92 Å². The molecule has 0 saturated carbocycles. The Labute approximate surface area is 86.6 Å². The first kappa shape index (κ1) is 10.4. The third-order valence-corrected chi connectivity index (χ3v) is 3.60. The molecular weight excluding hydrogens is 176 g/mol. The Kier molecular flexibility index (Phi) is 3.10. The highest BCUT2D eigenvalue weighted by Gasteiger charge is 2.39. The van der Waals surface area contributed by atoms with Gasteiger partial charge >= 0.3 is 0 Å². The molecule has 0 amide bonds. The minimum absolute atomic E-state index is 0.103. The van der Waals surface area contributed by atoms with Crippen LogP contribution in [0.15, 0.2) is 0 Å². The van der Waals surface area contributed by atoms with Gasteiger partial charge in [0.05, 0.1) is 5.60 Å². The SMILES string of the molecule is CCN1CCC[C@]2(C[C@@H](N)CCO2)C1. The smallest absolute Gasteiger partial charge is 0.0824 e. The van der Waals surface area contributed by atoms with E-state index in [-0.39, 0.29) is 5.60 Å². The van der Waals surface area contributed by atoms with E-state index in [0.29, 0.717) is 6.04 Å². The second-order valence-electron chi connectivity index (χ2n) is 4.76. The molecule has 82 valence electrons. The van der Waals surface area contributed by atoms with E-state index in [1.165, 1.54) is 19.4 Å². The number of ether oxygens (including phenoxy) is 1. The largest absolute Gasteiger partial charge is 0.374 e. The molecule has 2 heterocycles. The fourth-order valence-corrected chi connectivity index (χ4v) is 2.81.